The fourth-order valence-corrected chi connectivity index (χ4v) is 3.18. The number of methoxy groups -OCH3 is 2. The summed E-state index contributed by atoms with van der Waals surface area (Å²) in [5.41, 5.74) is 0.993. The highest BCUT2D eigenvalue weighted by molar-refractivity contribution is 6.36. The van der Waals surface area contributed by atoms with Gasteiger partial charge in [-0.3, -0.25) is 4.79 Å². The molecule has 0 saturated heterocycles. The molecule has 0 radical (unpaired) electrons. The van der Waals surface area contributed by atoms with Crippen LogP contribution in [0.3, 0.4) is 0 Å². The third-order valence-electron chi connectivity index (χ3n) is 4.10. The van der Waals surface area contributed by atoms with Crippen LogP contribution in [-0.4, -0.2) is 48.1 Å². The van der Waals surface area contributed by atoms with Gasteiger partial charge in [0.2, 0.25) is 5.82 Å². The Morgan fingerprint density at radius 3 is 2.60 bits per heavy atom. The maximum atomic E-state index is 12.7. The summed E-state index contributed by atoms with van der Waals surface area (Å²) in [6.07, 6.45) is 0. The summed E-state index contributed by atoms with van der Waals surface area (Å²) in [7, 11) is 3.10. The van der Waals surface area contributed by atoms with E-state index in [4.69, 9.17) is 37.4 Å². The Bertz CT molecular complexity index is 1060. The summed E-state index contributed by atoms with van der Waals surface area (Å²) in [5.74, 6) is 0.908. The summed E-state index contributed by atoms with van der Waals surface area (Å²) < 4.78 is 17.3. The van der Waals surface area contributed by atoms with Crippen molar-refractivity contribution in [3.05, 3.63) is 58.1 Å². The van der Waals surface area contributed by atoms with Crippen molar-refractivity contribution >= 4 is 34.8 Å². The van der Waals surface area contributed by atoms with Crippen LogP contribution in [0.2, 0.25) is 10.0 Å². The molecule has 30 heavy (non-hydrogen) atoms. The van der Waals surface area contributed by atoms with E-state index in [1.165, 1.54) is 11.8 Å². The van der Waals surface area contributed by atoms with E-state index in [0.29, 0.717) is 52.0 Å². The van der Waals surface area contributed by atoms with Crippen LogP contribution in [0.15, 0.2) is 36.4 Å². The first-order valence-electron chi connectivity index (χ1n) is 8.93. The molecule has 0 bridgehead atoms. The van der Waals surface area contributed by atoms with Crippen molar-refractivity contribution in [1.29, 1.82) is 0 Å². The van der Waals surface area contributed by atoms with Gasteiger partial charge in [0, 0.05) is 13.2 Å². The lowest BCUT2D eigenvalue weighted by Crippen LogP contribution is -2.15. The topological polar surface area (TPSA) is 87.5 Å². The number of halogens is 2. The molecule has 0 aliphatic heterocycles. The number of nitrogens with zero attached hydrogens (tertiary/aromatic N) is 3. The third kappa shape index (κ3) is 4.84. The van der Waals surface area contributed by atoms with E-state index in [1.807, 2.05) is 0 Å². The van der Waals surface area contributed by atoms with E-state index < -0.39 is 5.91 Å². The van der Waals surface area contributed by atoms with Crippen molar-refractivity contribution in [2.45, 2.75) is 6.92 Å². The monoisotopic (exact) mass is 450 g/mol. The normalized spacial score (nSPS) is 10.7. The average molecular weight is 451 g/mol. The van der Waals surface area contributed by atoms with Crippen LogP contribution in [0.4, 0.5) is 5.69 Å². The van der Waals surface area contributed by atoms with Crippen LogP contribution < -0.4 is 14.8 Å². The van der Waals surface area contributed by atoms with Crippen LogP contribution in [-0.2, 0) is 4.74 Å². The minimum absolute atomic E-state index is 0.0220. The maximum absolute atomic E-state index is 12.7. The van der Waals surface area contributed by atoms with Crippen molar-refractivity contribution in [3.8, 4) is 17.2 Å². The van der Waals surface area contributed by atoms with Gasteiger partial charge in [0.05, 0.1) is 35.1 Å². The molecule has 3 rings (SSSR count). The van der Waals surface area contributed by atoms with Gasteiger partial charge >= 0.3 is 0 Å². The molecule has 0 aliphatic carbocycles. The zero-order chi connectivity index (χ0) is 21.7. The molecule has 1 heterocycles. The number of amides is 1. The zero-order valence-electron chi connectivity index (χ0n) is 16.6. The number of carbonyl (C=O) groups excluding carboxylic acids is 1. The van der Waals surface area contributed by atoms with Gasteiger partial charge in [0.15, 0.2) is 0 Å². The number of para-hydroxylation sites is 2. The van der Waals surface area contributed by atoms with Gasteiger partial charge in [0.1, 0.15) is 23.9 Å². The lowest BCUT2D eigenvalue weighted by atomic mass is 10.3. The van der Waals surface area contributed by atoms with Crippen LogP contribution in [0, 0.1) is 6.92 Å². The van der Waals surface area contributed by atoms with Crippen LogP contribution in [0.1, 0.15) is 16.4 Å². The van der Waals surface area contributed by atoms with Crippen LogP contribution >= 0.6 is 23.2 Å². The number of rotatable bonds is 8. The molecule has 0 fully saturated rings. The number of aryl methyl sites for hydroxylation is 1. The number of hydrogen-bond donors (Lipinski definition) is 1. The SMILES string of the molecule is COCCOc1cc(-n2nc(C(=O)Nc3ccccc3OC)nc2C)c(Cl)cc1Cl. The molecule has 0 spiro atoms. The Morgan fingerprint density at radius 2 is 1.87 bits per heavy atom. The van der Waals surface area contributed by atoms with Crippen molar-refractivity contribution in [2.24, 2.45) is 0 Å². The van der Waals surface area contributed by atoms with Gasteiger partial charge in [-0.1, -0.05) is 35.3 Å². The largest absolute Gasteiger partial charge is 0.495 e. The summed E-state index contributed by atoms with van der Waals surface area (Å²) in [4.78, 5) is 16.9. The van der Waals surface area contributed by atoms with E-state index >= 15 is 0 Å². The molecule has 2 aromatic carbocycles. The van der Waals surface area contributed by atoms with Crippen molar-refractivity contribution in [1.82, 2.24) is 14.8 Å². The summed E-state index contributed by atoms with van der Waals surface area (Å²) >= 11 is 12.6. The van der Waals surface area contributed by atoms with Crippen LogP contribution in [0.5, 0.6) is 11.5 Å². The molecule has 10 heteroatoms. The lowest BCUT2D eigenvalue weighted by molar-refractivity contribution is 0.101. The number of aromatic nitrogens is 3. The predicted octanol–water partition coefficient (Wildman–Crippen LogP) is 4.17. The van der Waals surface area contributed by atoms with Gasteiger partial charge in [-0.2, -0.15) is 0 Å². The van der Waals surface area contributed by atoms with Crippen LogP contribution in [0.25, 0.3) is 5.69 Å². The van der Waals surface area contributed by atoms with Gasteiger partial charge in [-0.25, -0.2) is 9.67 Å². The molecule has 1 amide bonds. The molecular formula is C20H20Cl2N4O4. The number of hydrogen-bond acceptors (Lipinski definition) is 6. The van der Waals surface area contributed by atoms with Gasteiger partial charge < -0.3 is 19.5 Å². The fourth-order valence-electron chi connectivity index (χ4n) is 2.67. The molecule has 1 N–H and O–H groups in total. The zero-order valence-corrected chi connectivity index (χ0v) is 18.1. The molecular weight excluding hydrogens is 431 g/mol. The number of benzene rings is 2. The van der Waals surface area contributed by atoms with Crippen molar-refractivity contribution in [3.63, 3.8) is 0 Å². The Balaban J connectivity index is 1.88. The third-order valence-corrected chi connectivity index (χ3v) is 4.70. The van der Waals surface area contributed by atoms with Crippen molar-refractivity contribution < 1.29 is 19.0 Å². The highest BCUT2D eigenvalue weighted by Gasteiger charge is 2.19. The number of anilines is 1. The molecule has 3 aromatic rings. The molecule has 0 atom stereocenters. The average Bonchev–Trinajstić information content (AvgIpc) is 3.11. The molecule has 0 saturated carbocycles. The number of ether oxygens (including phenoxy) is 3. The van der Waals surface area contributed by atoms with E-state index in [1.54, 1.807) is 50.4 Å². The molecule has 0 unspecified atom stereocenters. The predicted molar refractivity (Wildman–Crippen MR) is 114 cm³/mol. The van der Waals surface area contributed by atoms with E-state index in [9.17, 15) is 4.79 Å². The second kappa shape index (κ2) is 9.80. The Kier molecular flexibility index (Phi) is 7.15. The highest BCUT2D eigenvalue weighted by atomic mass is 35.5. The lowest BCUT2D eigenvalue weighted by Gasteiger charge is -2.12. The van der Waals surface area contributed by atoms with E-state index in [0.717, 1.165) is 0 Å². The first-order chi connectivity index (χ1) is 14.4. The smallest absolute Gasteiger partial charge is 0.295 e. The molecule has 8 nitrogen and oxygen atoms in total. The van der Waals surface area contributed by atoms with Gasteiger partial charge in [-0.15, -0.1) is 5.10 Å². The molecule has 158 valence electrons. The Labute approximate surface area is 183 Å². The number of nitrogens with one attached hydrogen (secondary N) is 1. The van der Waals surface area contributed by atoms with Gasteiger partial charge in [0.25, 0.3) is 5.91 Å². The summed E-state index contributed by atoms with van der Waals surface area (Å²) in [5, 5.41) is 7.74. The summed E-state index contributed by atoms with van der Waals surface area (Å²) in [6.45, 7) is 2.44. The Hall–Kier alpha value is -2.81. The quantitative estimate of drug-likeness (QED) is 0.518. The molecule has 0 aliphatic rings. The maximum Gasteiger partial charge on any atom is 0.295 e. The molecule has 1 aromatic heterocycles. The first kappa shape index (κ1) is 21.9. The minimum Gasteiger partial charge on any atom is -0.495 e. The van der Waals surface area contributed by atoms with E-state index in [2.05, 4.69) is 15.4 Å². The van der Waals surface area contributed by atoms with E-state index in [-0.39, 0.29) is 5.82 Å². The van der Waals surface area contributed by atoms with Crippen molar-refractivity contribution in [2.75, 3.05) is 32.8 Å². The van der Waals surface area contributed by atoms with Gasteiger partial charge in [-0.05, 0) is 25.1 Å². The minimum atomic E-state index is -0.483. The Morgan fingerprint density at radius 1 is 1.10 bits per heavy atom. The number of carbonyl (C=O) groups is 1. The fraction of sp³-hybridized carbons (Fsp3) is 0.250. The highest BCUT2D eigenvalue weighted by Crippen LogP contribution is 2.33. The first-order valence-corrected chi connectivity index (χ1v) is 9.69. The second-order valence-electron chi connectivity index (χ2n) is 6.12. The summed E-state index contributed by atoms with van der Waals surface area (Å²) in [6, 6.07) is 10.3. The second-order valence-corrected chi connectivity index (χ2v) is 6.94. The standard InChI is InChI=1S/C20H20Cl2N4O4/c1-12-23-19(20(27)24-15-6-4-5-7-17(15)29-3)25-26(12)16-11-18(30-9-8-28-2)14(22)10-13(16)21/h4-7,10-11H,8-9H2,1-3H3,(H,24,27).